The number of rotatable bonds is 5. The van der Waals surface area contributed by atoms with Gasteiger partial charge in [-0.05, 0) is 37.8 Å². The van der Waals surface area contributed by atoms with Gasteiger partial charge >= 0.3 is 0 Å². The molecule has 1 aromatic heterocycles. The highest BCUT2D eigenvalue weighted by atomic mass is 16.1. The molecule has 1 N–H and O–H groups in total. The molecule has 1 aliphatic rings. The lowest BCUT2D eigenvalue weighted by molar-refractivity contribution is 0.380. The highest BCUT2D eigenvalue weighted by Gasteiger charge is 2.18. The van der Waals surface area contributed by atoms with E-state index < -0.39 is 0 Å². The third-order valence-electron chi connectivity index (χ3n) is 3.75. The maximum absolute atomic E-state index is 12.4. The number of nitrogens with one attached hydrogen (secondary N) is 1. The number of hydrogen-bond donors (Lipinski definition) is 1. The Morgan fingerprint density at radius 1 is 1.55 bits per heavy atom. The molecule has 0 amide bonds. The molecule has 2 rings (SSSR count). The maximum atomic E-state index is 12.4. The predicted molar refractivity (Wildman–Crippen MR) is 82.2 cm³/mol. The molecule has 112 valence electrons. The second-order valence-electron chi connectivity index (χ2n) is 6.20. The number of anilines is 1. The fourth-order valence-corrected chi connectivity index (χ4v) is 2.79. The molecular weight excluding hydrogens is 252 g/mol. The molecule has 20 heavy (non-hydrogen) atoms. The molecule has 0 aliphatic carbocycles. The maximum Gasteiger partial charge on any atom is 0.293 e. The van der Waals surface area contributed by atoms with Gasteiger partial charge in [-0.15, -0.1) is 0 Å². The molecule has 0 radical (unpaired) electrons. The van der Waals surface area contributed by atoms with Crippen LogP contribution < -0.4 is 15.8 Å². The van der Waals surface area contributed by atoms with E-state index >= 15 is 0 Å². The largest absolute Gasteiger partial charge is 0.355 e. The first-order valence-corrected chi connectivity index (χ1v) is 7.55. The molecule has 0 saturated carbocycles. The molecule has 1 aliphatic heterocycles. The third-order valence-corrected chi connectivity index (χ3v) is 3.75. The minimum Gasteiger partial charge on any atom is -0.355 e. The van der Waals surface area contributed by atoms with Crippen LogP contribution in [0.25, 0.3) is 0 Å². The van der Waals surface area contributed by atoms with Crippen molar-refractivity contribution in [1.82, 2.24) is 14.9 Å². The molecule has 1 aromatic rings. The van der Waals surface area contributed by atoms with Gasteiger partial charge in [-0.3, -0.25) is 4.79 Å². The number of piperidine rings is 1. The van der Waals surface area contributed by atoms with E-state index in [1.54, 1.807) is 17.0 Å². The van der Waals surface area contributed by atoms with Gasteiger partial charge in [0, 0.05) is 32.5 Å². The summed E-state index contributed by atoms with van der Waals surface area (Å²) < 4.78 is 1.77. The van der Waals surface area contributed by atoms with E-state index in [9.17, 15) is 4.79 Å². The van der Waals surface area contributed by atoms with E-state index in [0.717, 1.165) is 26.2 Å². The SMILES string of the molecule is CC(C)Cn1ccnc(N(C)CC2CCCNC2)c1=O. The van der Waals surface area contributed by atoms with E-state index in [0.29, 0.717) is 17.7 Å². The Morgan fingerprint density at radius 3 is 3.00 bits per heavy atom. The molecule has 2 heterocycles. The van der Waals surface area contributed by atoms with E-state index in [4.69, 9.17) is 0 Å². The summed E-state index contributed by atoms with van der Waals surface area (Å²) in [6.45, 7) is 8.02. The van der Waals surface area contributed by atoms with Crippen LogP contribution in [0.4, 0.5) is 5.82 Å². The Morgan fingerprint density at radius 2 is 2.35 bits per heavy atom. The van der Waals surface area contributed by atoms with E-state index in [1.165, 1.54) is 12.8 Å². The number of nitrogens with zero attached hydrogens (tertiary/aromatic N) is 3. The van der Waals surface area contributed by atoms with Gasteiger partial charge in [0.2, 0.25) is 0 Å². The van der Waals surface area contributed by atoms with Crippen LogP contribution in [0.1, 0.15) is 26.7 Å². The zero-order valence-electron chi connectivity index (χ0n) is 12.8. The fourth-order valence-electron chi connectivity index (χ4n) is 2.79. The van der Waals surface area contributed by atoms with Gasteiger partial charge in [-0.2, -0.15) is 0 Å². The Hall–Kier alpha value is -1.36. The minimum atomic E-state index is 0.0208. The van der Waals surface area contributed by atoms with E-state index in [1.807, 2.05) is 11.9 Å². The summed E-state index contributed by atoms with van der Waals surface area (Å²) >= 11 is 0. The molecule has 1 atom stereocenters. The van der Waals surface area contributed by atoms with Gasteiger partial charge < -0.3 is 14.8 Å². The lowest BCUT2D eigenvalue weighted by Crippen LogP contribution is -2.39. The molecule has 0 aromatic carbocycles. The smallest absolute Gasteiger partial charge is 0.293 e. The molecule has 1 saturated heterocycles. The van der Waals surface area contributed by atoms with Crippen molar-refractivity contribution in [3.8, 4) is 0 Å². The van der Waals surface area contributed by atoms with Gasteiger partial charge in [0.1, 0.15) is 0 Å². The van der Waals surface area contributed by atoms with Crippen molar-refractivity contribution in [3.63, 3.8) is 0 Å². The minimum absolute atomic E-state index is 0.0208. The summed E-state index contributed by atoms with van der Waals surface area (Å²) in [5.74, 6) is 1.63. The highest BCUT2D eigenvalue weighted by Crippen LogP contribution is 2.13. The Balaban J connectivity index is 2.08. The Labute approximate surface area is 121 Å². The lowest BCUT2D eigenvalue weighted by Gasteiger charge is -2.28. The topological polar surface area (TPSA) is 50.2 Å². The Kier molecular flexibility index (Phi) is 5.17. The fraction of sp³-hybridized carbons (Fsp3) is 0.733. The van der Waals surface area contributed by atoms with Gasteiger partial charge in [0.25, 0.3) is 5.56 Å². The van der Waals surface area contributed by atoms with Gasteiger partial charge in [0.15, 0.2) is 5.82 Å². The van der Waals surface area contributed by atoms with Crippen LogP contribution in [0, 0.1) is 11.8 Å². The van der Waals surface area contributed by atoms with Gasteiger partial charge in [-0.25, -0.2) is 4.98 Å². The van der Waals surface area contributed by atoms with Crippen molar-refractivity contribution in [2.45, 2.75) is 33.2 Å². The summed E-state index contributed by atoms with van der Waals surface area (Å²) in [6.07, 6.45) is 5.96. The average molecular weight is 278 g/mol. The van der Waals surface area contributed by atoms with Crippen LogP contribution in [0.5, 0.6) is 0 Å². The second-order valence-corrected chi connectivity index (χ2v) is 6.20. The summed E-state index contributed by atoms with van der Waals surface area (Å²) in [7, 11) is 1.97. The van der Waals surface area contributed by atoms with Gasteiger partial charge in [-0.1, -0.05) is 13.8 Å². The van der Waals surface area contributed by atoms with Crippen molar-refractivity contribution in [2.75, 3.05) is 31.6 Å². The standard InChI is InChI=1S/C15H26N4O/c1-12(2)10-19-8-7-17-14(15(19)20)18(3)11-13-5-4-6-16-9-13/h7-8,12-13,16H,4-6,9-11H2,1-3H3. The normalized spacial score (nSPS) is 19.3. The Bertz CT molecular complexity index is 477. The third kappa shape index (κ3) is 3.82. The molecule has 5 nitrogen and oxygen atoms in total. The average Bonchev–Trinajstić information content (AvgIpc) is 2.41. The first kappa shape index (κ1) is 15.0. The van der Waals surface area contributed by atoms with Crippen LogP contribution in [0.2, 0.25) is 0 Å². The molecule has 0 spiro atoms. The van der Waals surface area contributed by atoms with Crippen molar-refractivity contribution in [2.24, 2.45) is 11.8 Å². The first-order valence-electron chi connectivity index (χ1n) is 7.55. The summed E-state index contributed by atoms with van der Waals surface area (Å²) in [5.41, 5.74) is 0.0208. The molecule has 5 heteroatoms. The van der Waals surface area contributed by atoms with Crippen LogP contribution in [0.3, 0.4) is 0 Å². The molecule has 1 fully saturated rings. The van der Waals surface area contributed by atoms with Crippen molar-refractivity contribution < 1.29 is 0 Å². The quantitative estimate of drug-likeness (QED) is 0.883. The second kappa shape index (κ2) is 6.88. The summed E-state index contributed by atoms with van der Waals surface area (Å²) in [5, 5.41) is 3.41. The summed E-state index contributed by atoms with van der Waals surface area (Å²) in [6, 6.07) is 0. The van der Waals surface area contributed by atoms with Crippen LogP contribution in [-0.4, -0.2) is 36.2 Å². The van der Waals surface area contributed by atoms with Gasteiger partial charge in [0.05, 0.1) is 0 Å². The zero-order valence-corrected chi connectivity index (χ0v) is 12.8. The first-order chi connectivity index (χ1) is 9.58. The summed E-state index contributed by atoms with van der Waals surface area (Å²) in [4.78, 5) is 18.7. The van der Waals surface area contributed by atoms with Crippen molar-refractivity contribution >= 4 is 5.82 Å². The number of hydrogen-bond acceptors (Lipinski definition) is 4. The monoisotopic (exact) mass is 278 g/mol. The molecular formula is C15H26N4O. The van der Waals surface area contributed by atoms with E-state index in [2.05, 4.69) is 24.1 Å². The van der Waals surface area contributed by atoms with E-state index in [-0.39, 0.29) is 5.56 Å². The van der Waals surface area contributed by atoms with Crippen molar-refractivity contribution in [3.05, 3.63) is 22.7 Å². The molecule has 0 bridgehead atoms. The lowest BCUT2D eigenvalue weighted by atomic mass is 9.99. The predicted octanol–water partition coefficient (Wildman–Crippen LogP) is 1.34. The molecule has 1 unspecified atom stereocenters. The van der Waals surface area contributed by atoms with Crippen LogP contribution in [0.15, 0.2) is 17.2 Å². The highest BCUT2D eigenvalue weighted by molar-refractivity contribution is 5.34. The van der Waals surface area contributed by atoms with Crippen molar-refractivity contribution in [1.29, 1.82) is 0 Å². The van der Waals surface area contributed by atoms with Crippen LogP contribution >= 0.6 is 0 Å². The number of aromatic nitrogens is 2. The zero-order chi connectivity index (χ0) is 14.5. The van der Waals surface area contributed by atoms with Crippen LogP contribution in [-0.2, 0) is 6.54 Å².